The van der Waals surface area contributed by atoms with Crippen molar-refractivity contribution < 1.29 is 20.1 Å². The Labute approximate surface area is 112 Å². The lowest BCUT2D eigenvalue weighted by atomic mass is 10.1. The summed E-state index contributed by atoms with van der Waals surface area (Å²) in [7, 11) is 0. The number of nitrogens with one attached hydrogen (secondary N) is 1. The van der Waals surface area contributed by atoms with Crippen molar-refractivity contribution in [3.63, 3.8) is 0 Å². The van der Waals surface area contributed by atoms with Crippen molar-refractivity contribution in [1.82, 2.24) is 19.7 Å². The predicted octanol–water partition coefficient (Wildman–Crippen LogP) is -0.900. The third-order valence-corrected chi connectivity index (χ3v) is 3.49. The van der Waals surface area contributed by atoms with Gasteiger partial charge in [-0.2, -0.15) is 5.10 Å². The lowest BCUT2D eigenvalue weighted by molar-refractivity contribution is -0.0566. The molecule has 2 aromatic rings. The van der Waals surface area contributed by atoms with Crippen molar-refractivity contribution in [2.24, 2.45) is 0 Å². The Hall–Kier alpha value is -1.39. The first-order chi connectivity index (χ1) is 9.13. The largest absolute Gasteiger partial charge is 0.394 e. The Bertz CT molecular complexity index is 656. The van der Waals surface area contributed by atoms with E-state index in [4.69, 9.17) is 22.1 Å². The molecule has 1 saturated heterocycles. The molecule has 1 fully saturated rings. The Morgan fingerprint density at radius 2 is 2.21 bits per heavy atom. The first kappa shape index (κ1) is 12.6. The number of hydrogen-bond acceptors (Lipinski definition) is 7. The van der Waals surface area contributed by atoms with Crippen LogP contribution in [-0.4, -0.2) is 60.0 Å². The zero-order valence-electron chi connectivity index (χ0n) is 9.67. The highest BCUT2D eigenvalue weighted by Gasteiger charge is 2.44. The number of aliphatic hydroxyl groups excluding tert-OH is 3. The summed E-state index contributed by atoms with van der Waals surface area (Å²) in [6.45, 7) is -0.383. The molecule has 102 valence electrons. The molecular weight excluding hydrogens is 272 g/mol. The number of ether oxygens (including phenoxy) is 1. The van der Waals surface area contributed by atoms with E-state index in [1.165, 1.54) is 17.2 Å². The fourth-order valence-corrected chi connectivity index (χ4v) is 2.36. The van der Waals surface area contributed by atoms with Crippen molar-refractivity contribution in [1.29, 1.82) is 0 Å². The number of H-pyrrole nitrogens is 1. The number of aromatic nitrogens is 4. The van der Waals surface area contributed by atoms with E-state index in [1.54, 1.807) is 0 Å². The van der Waals surface area contributed by atoms with Gasteiger partial charge in [-0.15, -0.1) is 0 Å². The minimum absolute atomic E-state index is 0.381. The number of fused-ring (bicyclic) bond motifs is 1. The monoisotopic (exact) mass is 284 g/mol. The quantitative estimate of drug-likeness (QED) is 0.528. The van der Waals surface area contributed by atoms with E-state index in [1.807, 2.05) is 0 Å². The van der Waals surface area contributed by atoms with Crippen molar-refractivity contribution in [3.05, 3.63) is 17.2 Å². The summed E-state index contributed by atoms with van der Waals surface area (Å²) in [4.78, 5) is 6.80. The van der Waals surface area contributed by atoms with Crippen molar-refractivity contribution in [2.45, 2.75) is 24.5 Å². The molecular formula is C10H12N4O4S. The summed E-state index contributed by atoms with van der Waals surface area (Å²) < 4.78 is 7.17. The second-order valence-corrected chi connectivity index (χ2v) is 4.67. The van der Waals surface area contributed by atoms with Gasteiger partial charge in [0.05, 0.1) is 24.5 Å². The van der Waals surface area contributed by atoms with Crippen LogP contribution < -0.4 is 0 Å². The van der Waals surface area contributed by atoms with Crippen LogP contribution in [0.25, 0.3) is 11.0 Å². The molecule has 0 saturated carbocycles. The van der Waals surface area contributed by atoms with E-state index < -0.39 is 24.5 Å². The number of aliphatic hydroxyl groups is 3. The van der Waals surface area contributed by atoms with Gasteiger partial charge < -0.3 is 25.0 Å². The van der Waals surface area contributed by atoms with Crippen LogP contribution in [-0.2, 0) is 4.74 Å². The normalized spacial score (nSPS) is 31.1. The highest BCUT2D eigenvalue weighted by Crippen LogP contribution is 2.30. The molecule has 2 aromatic heterocycles. The van der Waals surface area contributed by atoms with Crippen LogP contribution in [0.1, 0.15) is 6.23 Å². The Morgan fingerprint density at radius 3 is 2.89 bits per heavy atom. The zero-order chi connectivity index (χ0) is 13.6. The molecule has 0 amide bonds. The van der Waals surface area contributed by atoms with Gasteiger partial charge in [0.1, 0.15) is 28.6 Å². The lowest BCUT2D eigenvalue weighted by Gasteiger charge is -2.15. The molecule has 0 spiro atoms. The standard InChI is InChI=1S/C10H12N4O4S/c15-2-5-6(16)7(17)10(18-5)14-8-4(1-13-14)9(19)12-3-11-8/h1,3,5-7,10,15-17H,2H2,(H,11,12,19)/t5-,6+,7-,10-/m1/s1. The molecule has 4 N–H and O–H groups in total. The highest BCUT2D eigenvalue weighted by atomic mass is 32.1. The van der Waals surface area contributed by atoms with Crippen LogP contribution in [0, 0.1) is 4.64 Å². The molecule has 9 heteroatoms. The first-order valence-corrected chi connectivity index (χ1v) is 6.07. The Balaban J connectivity index is 2.06. The topological polar surface area (TPSA) is 116 Å². The smallest absolute Gasteiger partial charge is 0.181 e. The lowest BCUT2D eigenvalue weighted by Crippen LogP contribution is -2.33. The van der Waals surface area contributed by atoms with E-state index in [0.29, 0.717) is 15.7 Å². The highest BCUT2D eigenvalue weighted by molar-refractivity contribution is 7.71. The molecule has 0 unspecified atom stereocenters. The summed E-state index contributed by atoms with van der Waals surface area (Å²) >= 11 is 5.06. The van der Waals surface area contributed by atoms with Gasteiger partial charge in [-0.05, 0) is 0 Å². The van der Waals surface area contributed by atoms with E-state index in [9.17, 15) is 10.2 Å². The van der Waals surface area contributed by atoms with E-state index >= 15 is 0 Å². The second-order valence-electron chi connectivity index (χ2n) is 4.29. The average molecular weight is 284 g/mol. The molecule has 1 aliphatic rings. The molecule has 1 aliphatic heterocycles. The van der Waals surface area contributed by atoms with Crippen molar-refractivity contribution >= 4 is 23.3 Å². The van der Waals surface area contributed by atoms with E-state index in [2.05, 4.69) is 15.1 Å². The Morgan fingerprint density at radius 1 is 1.42 bits per heavy atom. The van der Waals surface area contributed by atoms with E-state index in [0.717, 1.165) is 0 Å². The zero-order valence-corrected chi connectivity index (χ0v) is 10.5. The third-order valence-electron chi connectivity index (χ3n) is 3.17. The van der Waals surface area contributed by atoms with Crippen LogP contribution in [0.3, 0.4) is 0 Å². The summed E-state index contributed by atoms with van der Waals surface area (Å²) in [5.74, 6) is 0. The van der Waals surface area contributed by atoms with Crippen LogP contribution in [0.2, 0.25) is 0 Å². The third kappa shape index (κ3) is 1.86. The number of nitrogens with zero attached hydrogens (tertiary/aromatic N) is 3. The number of aromatic amines is 1. The molecule has 0 radical (unpaired) electrons. The molecule has 3 rings (SSSR count). The van der Waals surface area contributed by atoms with Gasteiger partial charge in [0.25, 0.3) is 0 Å². The first-order valence-electron chi connectivity index (χ1n) is 5.67. The van der Waals surface area contributed by atoms with Crippen LogP contribution in [0.15, 0.2) is 12.5 Å². The Kier molecular flexibility index (Phi) is 3.07. The van der Waals surface area contributed by atoms with Crippen LogP contribution >= 0.6 is 12.2 Å². The average Bonchev–Trinajstić information content (AvgIpc) is 2.94. The van der Waals surface area contributed by atoms with Gasteiger partial charge in [-0.25, -0.2) is 9.67 Å². The molecule has 0 aliphatic carbocycles. The van der Waals surface area contributed by atoms with Crippen molar-refractivity contribution in [3.8, 4) is 0 Å². The molecule has 4 atom stereocenters. The predicted molar refractivity (Wildman–Crippen MR) is 65.7 cm³/mol. The van der Waals surface area contributed by atoms with Gasteiger partial charge in [0.15, 0.2) is 6.23 Å². The molecule has 3 heterocycles. The van der Waals surface area contributed by atoms with Crippen LogP contribution in [0.4, 0.5) is 0 Å². The molecule has 8 nitrogen and oxygen atoms in total. The van der Waals surface area contributed by atoms with Gasteiger partial charge in [-0.1, -0.05) is 12.2 Å². The van der Waals surface area contributed by atoms with Gasteiger partial charge in [-0.3, -0.25) is 0 Å². The maximum Gasteiger partial charge on any atom is 0.181 e. The van der Waals surface area contributed by atoms with Crippen LogP contribution in [0.5, 0.6) is 0 Å². The minimum Gasteiger partial charge on any atom is -0.394 e. The van der Waals surface area contributed by atoms with E-state index in [-0.39, 0.29) is 6.61 Å². The second kappa shape index (κ2) is 4.62. The maximum atomic E-state index is 9.96. The molecule has 19 heavy (non-hydrogen) atoms. The number of rotatable bonds is 2. The van der Waals surface area contributed by atoms with Gasteiger partial charge in [0, 0.05) is 0 Å². The minimum atomic E-state index is -1.18. The maximum absolute atomic E-state index is 9.96. The molecule has 0 aromatic carbocycles. The number of hydrogen-bond donors (Lipinski definition) is 4. The van der Waals surface area contributed by atoms with Gasteiger partial charge >= 0.3 is 0 Å². The van der Waals surface area contributed by atoms with Crippen molar-refractivity contribution in [2.75, 3.05) is 6.61 Å². The summed E-state index contributed by atoms with van der Waals surface area (Å²) in [6.07, 6.45) is -1.16. The molecule has 0 bridgehead atoms. The summed E-state index contributed by atoms with van der Waals surface area (Å²) in [5, 5.41) is 33.5. The van der Waals surface area contributed by atoms with Gasteiger partial charge in [0.2, 0.25) is 0 Å². The fraction of sp³-hybridized carbons (Fsp3) is 0.500. The fourth-order valence-electron chi connectivity index (χ4n) is 2.16. The summed E-state index contributed by atoms with van der Waals surface area (Å²) in [5.41, 5.74) is 0.537. The SMILES string of the molecule is OC[C@H]1O[C@@H](n2ncc3c(=S)nc[nH]c32)[C@H](O)[C@H]1O. The summed E-state index contributed by atoms with van der Waals surface area (Å²) in [6, 6.07) is 0.